The molecule has 0 aliphatic carbocycles. The average Bonchev–Trinajstić information content (AvgIpc) is 3.40. The van der Waals surface area contributed by atoms with Gasteiger partial charge in [0.2, 0.25) is 0 Å². The summed E-state index contributed by atoms with van der Waals surface area (Å²) in [6.07, 6.45) is 8.69. The minimum Gasteiger partial charge on any atom is -0.369 e. The zero-order valence-corrected chi connectivity index (χ0v) is 18.1. The van der Waals surface area contributed by atoms with Crippen molar-refractivity contribution in [2.24, 2.45) is 11.3 Å². The van der Waals surface area contributed by atoms with E-state index in [-0.39, 0.29) is 0 Å². The molecule has 0 bridgehead atoms. The third-order valence-corrected chi connectivity index (χ3v) is 7.05. The van der Waals surface area contributed by atoms with E-state index >= 15 is 0 Å². The van der Waals surface area contributed by atoms with E-state index in [9.17, 15) is 18.4 Å². The van der Waals surface area contributed by atoms with Gasteiger partial charge in [0.15, 0.2) is 0 Å². The molecule has 1 unspecified atom stereocenters. The van der Waals surface area contributed by atoms with Crippen LogP contribution in [0.4, 0.5) is 18.9 Å². The molecule has 3 saturated heterocycles. The van der Waals surface area contributed by atoms with Crippen molar-refractivity contribution >= 4 is 16.7 Å². The normalized spacial score (nSPS) is 22.8. The Labute approximate surface area is 186 Å². The van der Waals surface area contributed by atoms with Gasteiger partial charge in [0.05, 0.1) is 11.3 Å². The maximum absolute atomic E-state index is 9.67. The fourth-order valence-electron chi connectivity index (χ4n) is 5.50. The molecule has 1 spiro atoms. The van der Waals surface area contributed by atoms with Crippen LogP contribution in [-0.2, 0) is 0 Å². The van der Waals surface area contributed by atoms with Gasteiger partial charge in [0, 0.05) is 38.6 Å². The van der Waals surface area contributed by atoms with E-state index in [1.54, 1.807) is 12.4 Å². The molecule has 6 nitrogen and oxygen atoms in total. The van der Waals surface area contributed by atoms with Gasteiger partial charge in [-0.2, -0.15) is 18.4 Å². The average molecular weight is 447 g/mol. The number of hydrogen-bond acceptors (Lipinski definition) is 6. The molecule has 3 aliphatic rings. The molecule has 0 radical (unpaired) electrons. The van der Waals surface area contributed by atoms with Gasteiger partial charge < -0.3 is 15.1 Å². The van der Waals surface area contributed by atoms with Crippen LogP contribution in [-0.4, -0.2) is 67.4 Å². The highest BCUT2D eigenvalue weighted by Gasteiger charge is 2.39. The van der Waals surface area contributed by atoms with Gasteiger partial charge in [-0.25, -0.2) is 0 Å². The molecule has 9 heteroatoms. The van der Waals surface area contributed by atoms with Crippen LogP contribution < -0.4 is 10.2 Å². The highest BCUT2D eigenvalue weighted by Crippen LogP contribution is 2.39. The van der Waals surface area contributed by atoms with Gasteiger partial charge in [0.1, 0.15) is 17.1 Å². The van der Waals surface area contributed by atoms with E-state index in [2.05, 4.69) is 37.2 Å². The Morgan fingerprint density at radius 3 is 2.53 bits per heavy atom. The van der Waals surface area contributed by atoms with Crippen molar-refractivity contribution in [3.05, 3.63) is 30.1 Å². The number of piperidine rings is 1. The number of benzene rings is 1. The van der Waals surface area contributed by atoms with Crippen molar-refractivity contribution in [1.82, 2.24) is 20.2 Å². The van der Waals surface area contributed by atoms with Crippen molar-refractivity contribution in [3.63, 3.8) is 0 Å². The summed E-state index contributed by atoms with van der Waals surface area (Å²) in [6.45, 7) is 4.62. The van der Waals surface area contributed by atoms with Gasteiger partial charge >= 0.3 is 6.68 Å². The number of anilines is 1. The van der Waals surface area contributed by atoms with Crippen molar-refractivity contribution in [1.29, 1.82) is 5.26 Å². The van der Waals surface area contributed by atoms with E-state index in [1.165, 1.54) is 58.4 Å². The Kier molecular flexibility index (Phi) is 7.11. The summed E-state index contributed by atoms with van der Waals surface area (Å²) in [6, 6.07) is 6.18. The maximum Gasteiger partial charge on any atom is 0.379 e. The lowest BCUT2D eigenvalue weighted by Crippen LogP contribution is -2.39. The predicted molar refractivity (Wildman–Crippen MR) is 117 cm³/mol. The van der Waals surface area contributed by atoms with Crippen molar-refractivity contribution < 1.29 is 13.2 Å². The van der Waals surface area contributed by atoms with Gasteiger partial charge in [-0.05, 0) is 68.8 Å². The number of fused-ring (bicyclic) bond motifs is 1. The largest absolute Gasteiger partial charge is 0.379 e. The molecule has 3 aliphatic heterocycles. The van der Waals surface area contributed by atoms with Gasteiger partial charge in [0.25, 0.3) is 0 Å². The summed E-state index contributed by atoms with van der Waals surface area (Å²) in [5, 5.41) is 12.9. The predicted octanol–water partition coefficient (Wildman–Crippen LogP) is 3.58. The van der Waals surface area contributed by atoms with Crippen LogP contribution in [0, 0.1) is 22.7 Å². The second kappa shape index (κ2) is 10.0. The third-order valence-electron chi connectivity index (χ3n) is 7.05. The second-order valence-electron chi connectivity index (χ2n) is 9.08. The number of alkyl halides is 3. The number of hydrogen-bond donors (Lipinski definition) is 1. The van der Waals surface area contributed by atoms with Crippen molar-refractivity contribution in [2.75, 3.05) is 50.7 Å². The van der Waals surface area contributed by atoms with E-state index in [0.29, 0.717) is 16.9 Å². The summed E-state index contributed by atoms with van der Waals surface area (Å²) < 4.78 is 29.0. The number of nitriles is 1. The van der Waals surface area contributed by atoms with Crippen LogP contribution in [0.2, 0.25) is 0 Å². The summed E-state index contributed by atoms with van der Waals surface area (Å²) in [5.41, 5.74) is 3.89. The summed E-state index contributed by atoms with van der Waals surface area (Å²) in [4.78, 5) is 14.1. The first-order valence-corrected chi connectivity index (χ1v) is 11.2. The van der Waals surface area contributed by atoms with Gasteiger partial charge in [-0.3, -0.25) is 9.97 Å². The SMILES string of the molecule is FC(F)F.N#Cc1ccc(N2CCC(CN3CCC4(CCNCC4)C3)C2)c2nccnc12. The highest BCUT2D eigenvalue weighted by molar-refractivity contribution is 5.92. The van der Waals surface area contributed by atoms with Gasteiger partial charge in [-0.15, -0.1) is 0 Å². The van der Waals surface area contributed by atoms with Crippen LogP contribution >= 0.6 is 0 Å². The number of likely N-dealkylation sites (tertiary alicyclic amines) is 1. The standard InChI is InChI=1S/C22H28N6.CHF3/c23-13-18-1-2-19(21-20(18)25-9-10-26-21)28-11-3-17(15-28)14-27-12-6-22(16-27)4-7-24-8-5-22;2-1(3)4/h1-2,9-10,17,24H,3-8,11-12,14-16H2;1H. The van der Waals surface area contributed by atoms with E-state index < -0.39 is 6.68 Å². The van der Waals surface area contributed by atoms with Gasteiger partial charge in [-0.1, -0.05) is 0 Å². The quantitative estimate of drug-likeness (QED) is 0.777. The highest BCUT2D eigenvalue weighted by atomic mass is 19.4. The lowest BCUT2D eigenvalue weighted by Gasteiger charge is -2.34. The molecule has 3 fully saturated rings. The lowest BCUT2D eigenvalue weighted by molar-refractivity contribution is 0.00819. The molecule has 1 atom stereocenters. The van der Waals surface area contributed by atoms with Crippen LogP contribution in [0.15, 0.2) is 24.5 Å². The number of nitrogens with zero attached hydrogens (tertiary/aromatic N) is 5. The first-order valence-electron chi connectivity index (χ1n) is 11.2. The molecule has 32 heavy (non-hydrogen) atoms. The number of rotatable bonds is 3. The monoisotopic (exact) mass is 446 g/mol. The maximum atomic E-state index is 9.67. The fourth-order valence-corrected chi connectivity index (χ4v) is 5.50. The molecular formula is C23H29F3N6. The number of aromatic nitrogens is 2. The zero-order chi connectivity index (χ0) is 22.6. The third kappa shape index (κ3) is 5.13. The van der Waals surface area contributed by atoms with E-state index in [1.807, 2.05) is 6.07 Å². The van der Waals surface area contributed by atoms with E-state index in [4.69, 9.17) is 0 Å². The summed E-state index contributed by atoms with van der Waals surface area (Å²) >= 11 is 0. The molecule has 1 aromatic carbocycles. The van der Waals surface area contributed by atoms with Crippen molar-refractivity contribution in [3.8, 4) is 6.07 Å². The fraction of sp³-hybridized carbons (Fsp3) is 0.609. The number of nitrogens with one attached hydrogen (secondary N) is 1. The summed E-state index contributed by atoms with van der Waals surface area (Å²) in [7, 11) is 0. The number of halogens is 3. The second-order valence-corrected chi connectivity index (χ2v) is 9.08. The molecule has 4 heterocycles. The minimum atomic E-state index is -3.67. The first kappa shape index (κ1) is 22.7. The van der Waals surface area contributed by atoms with Crippen molar-refractivity contribution in [2.45, 2.75) is 32.4 Å². The zero-order valence-electron chi connectivity index (χ0n) is 18.1. The Balaban J connectivity index is 0.000000567. The molecular weight excluding hydrogens is 417 g/mol. The molecule has 2 aromatic rings. The Hall–Kier alpha value is -2.44. The molecule has 1 N–H and O–H groups in total. The minimum absolute atomic E-state index is 0.586. The van der Waals surface area contributed by atoms with E-state index in [0.717, 1.165) is 29.8 Å². The van der Waals surface area contributed by atoms with Crippen LogP contribution in [0.1, 0.15) is 31.2 Å². The lowest BCUT2D eigenvalue weighted by atomic mass is 9.78. The molecule has 0 amide bonds. The van der Waals surface area contributed by atoms with Crippen LogP contribution in [0.5, 0.6) is 0 Å². The Morgan fingerprint density at radius 2 is 1.81 bits per heavy atom. The smallest absolute Gasteiger partial charge is 0.369 e. The molecule has 1 aromatic heterocycles. The molecule has 0 saturated carbocycles. The molecule has 172 valence electrons. The Bertz CT molecular complexity index is 954. The molecule has 5 rings (SSSR count). The Morgan fingerprint density at radius 1 is 1.09 bits per heavy atom. The summed E-state index contributed by atoms with van der Waals surface area (Å²) in [5.74, 6) is 0.708. The topological polar surface area (TPSA) is 68.1 Å². The van der Waals surface area contributed by atoms with Crippen LogP contribution in [0.25, 0.3) is 11.0 Å². The van der Waals surface area contributed by atoms with Crippen LogP contribution in [0.3, 0.4) is 0 Å². The first-order chi connectivity index (χ1) is 15.5.